The van der Waals surface area contributed by atoms with E-state index in [0.717, 1.165) is 12.8 Å². The van der Waals surface area contributed by atoms with Gasteiger partial charge in [-0.05, 0) is 49.0 Å². The minimum atomic E-state index is -0.269. The molecule has 1 heterocycles. The van der Waals surface area contributed by atoms with Gasteiger partial charge in [0.25, 0.3) is 0 Å². The zero-order chi connectivity index (χ0) is 13.8. The number of fused-ring (bicyclic) bond motifs is 1. The number of aliphatic hydroxyl groups excluding tert-OH is 1. The van der Waals surface area contributed by atoms with Crippen molar-refractivity contribution in [1.29, 1.82) is 0 Å². The van der Waals surface area contributed by atoms with E-state index in [0.29, 0.717) is 11.5 Å². The van der Waals surface area contributed by atoms with Gasteiger partial charge in [-0.1, -0.05) is 27.7 Å². The van der Waals surface area contributed by atoms with Crippen LogP contribution in [0.15, 0.2) is 12.3 Å². The first-order valence-electron chi connectivity index (χ1n) is 7.65. The minimum Gasteiger partial charge on any atom is -0.388 e. The van der Waals surface area contributed by atoms with E-state index in [1.54, 1.807) is 0 Å². The predicted octanol–water partition coefficient (Wildman–Crippen LogP) is 4.25. The highest BCUT2D eigenvalue weighted by Gasteiger charge is 2.37. The minimum absolute atomic E-state index is 0.219. The molecule has 2 nitrogen and oxygen atoms in total. The van der Waals surface area contributed by atoms with E-state index in [-0.39, 0.29) is 11.5 Å². The molecule has 3 rings (SSSR count). The Morgan fingerprint density at radius 3 is 2.53 bits per heavy atom. The molecular formula is C17H27NO. The van der Waals surface area contributed by atoms with E-state index in [4.69, 9.17) is 0 Å². The highest BCUT2D eigenvalue weighted by Crippen LogP contribution is 2.47. The van der Waals surface area contributed by atoms with Crippen LogP contribution < -0.4 is 0 Å². The van der Waals surface area contributed by atoms with Gasteiger partial charge >= 0.3 is 0 Å². The fourth-order valence-corrected chi connectivity index (χ4v) is 4.13. The van der Waals surface area contributed by atoms with Crippen molar-refractivity contribution in [2.75, 3.05) is 0 Å². The molecule has 0 amide bonds. The van der Waals surface area contributed by atoms with E-state index in [2.05, 4.69) is 44.5 Å². The summed E-state index contributed by atoms with van der Waals surface area (Å²) in [7, 11) is 0. The third-order valence-electron chi connectivity index (χ3n) is 5.15. The third-order valence-corrected chi connectivity index (χ3v) is 5.15. The molecule has 0 aliphatic heterocycles. The van der Waals surface area contributed by atoms with Gasteiger partial charge in [0.05, 0.1) is 6.10 Å². The van der Waals surface area contributed by atoms with Crippen LogP contribution in [0.4, 0.5) is 0 Å². The van der Waals surface area contributed by atoms with E-state index in [1.165, 1.54) is 30.5 Å². The molecule has 2 heteroatoms. The number of aliphatic hydroxyl groups is 1. The van der Waals surface area contributed by atoms with Gasteiger partial charge in [0.2, 0.25) is 0 Å². The van der Waals surface area contributed by atoms with Crippen LogP contribution in [0.2, 0.25) is 0 Å². The fourth-order valence-electron chi connectivity index (χ4n) is 4.13. The topological polar surface area (TPSA) is 25.2 Å². The van der Waals surface area contributed by atoms with E-state index in [9.17, 15) is 5.11 Å². The molecule has 1 saturated carbocycles. The van der Waals surface area contributed by atoms with E-state index < -0.39 is 0 Å². The highest BCUT2D eigenvalue weighted by atomic mass is 16.3. The quantitative estimate of drug-likeness (QED) is 0.803. The molecule has 19 heavy (non-hydrogen) atoms. The molecule has 0 radical (unpaired) electrons. The molecule has 0 spiro atoms. The lowest BCUT2D eigenvalue weighted by Gasteiger charge is -2.35. The van der Waals surface area contributed by atoms with Gasteiger partial charge in [-0.2, -0.15) is 0 Å². The fraction of sp³-hybridized carbons (Fsp3) is 0.765. The second kappa shape index (κ2) is 4.12. The maximum absolute atomic E-state index is 10.3. The maximum atomic E-state index is 10.3. The first kappa shape index (κ1) is 13.2. The average Bonchev–Trinajstić information content (AvgIpc) is 2.79. The zero-order valence-electron chi connectivity index (χ0n) is 12.7. The van der Waals surface area contributed by atoms with Crippen molar-refractivity contribution in [3.63, 3.8) is 0 Å². The largest absolute Gasteiger partial charge is 0.388 e. The van der Waals surface area contributed by atoms with Crippen molar-refractivity contribution >= 4 is 0 Å². The predicted molar refractivity (Wildman–Crippen MR) is 78.2 cm³/mol. The lowest BCUT2D eigenvalue weighted by Crippen LogP contribution is -2.27. The molecule has 2 atom stereocenters. The molecule has 1 fully saturated rings. The van der Waals surface area contributed by atoms with Crippen molar-refractivity contribution in [2.45, 2.75) is 71.9 Å². The number of nitrogens with zero attached hydrogens (tertiary/aromatic N) is 1. The lowest BCUT2D eigenvalue weighted by atomic mass is 9.75. The van der Waals surface area contributed by atoms with E-state index in [1.807, 2.05) is 0 Å². The van der Waals surface area contributed by atoms with Gasteiger partial charge < -0.3 is 9.67 Å². The molecule has 2 aliphatic rings. The number of hydrogen-bond donors (Lipinski definition) is 1. The van der Waals surface area contributed by atoms with Crippen LogP contribution in [0.25, 0.3) is 0 Å². The summed E-state index contributed by atoms with van der Waals surface area (Å²) < 4.78 is 2.48. The van der Waals surface area contributed by atoms with Crippen LogP contribution in [0.5, 0.6) is 0 Å². The molecule has 2 aliphatic carbocycles. The average molecular weight is 261 g/mol. The summed E-state index contributed by atoms with van der Waals surface area (Å²) >= 11 is 0. The van der Waals surface area contributed by atoms with Crippen LogP contribution in [-0.4, -0.2) is 9.67 Å². The Bertz CT molecular complexity index is 483. The second-order valence-electron chi connectivity index (χ2n) is 8.25. The molecule has 1 aromatic heterocycles. The van der Waals surface area contributed by atoms with Crippen molar-refractivity contribution in [3.8, 4) is 0 Å². The Morgan fingerprint density at radius 1 is 1.16 bits per heavy atom. The summed E-state index contributed by atoms with van der Waals surface area (Å²) in [5, 5.41) is 10.3. The van der Waals surface area contributed by atoms with Crippen LogP contribution >= 0.6 is 0 Å². The zero-order valence-corrected chi connectivity index (χ0v) is 12.7. The Balaban J connectivity index is 1.93. The lowest BCUT2D eigenvalue weighted by molar-refractivity contribution is 0.0974. The first-order chi connectivity index (χ1) is 8.77. The number of rotatable bonds is 1. The summed E-state index contributed by atoms with van der Waals surface area (Å²) in [5.41, 5.74) is 3.27. The SMILES string of the molecule is CC1(C)Cc2c(ccn2C2CCC(C)(C)C2)C(O)C1. The number of hydrogen-bond acceptors (Lipinski definition) is 1. The Kier molecular flexibility index (Phi) is 2.87. The van der Waals surface area contributed by atoms with Gasteiger partial charge in [-0.15, -0.1) is 0 Å². The van der Waals surface area contributed by atoms with Crippen molar-refractivity contribution < 1.29 is 5.11 Å². The van der Waals surface area contributed by atoms with Crippen LogP contribution in [0.3, 0.4) is 0 Å². The standard InChI is InChI=1S/C17H27NO/c1-16(2)7-5-12(9-16)18-8-6-13-14(18)10-17(3,4)11-15(13)19/h6,8,12,15,19H,5,7,9-11H2,1-4H3. The van der Waals surface area contributed by atoms with Crippen LogP contribution in [0, 0.1) is 10.8 Å². The molecule has 0 aromatic carbocycles. The van der Waals surface area contributed by atoms with Gasteiger partial charge in [-0.3, -0.25) is 0 Å². The molecule has 1 aromatic rings. The Labute approximate surface area is 116 Å². The van der Waals surface area contributed by atoms with Crippen LogP contribution in [-0.2, 0) is 6.42 Å². The Morgan fingerprint density at radius 2 is 1.89 bits per heavy atom. The molecule has 106 valence electrons. The second-order valence-corrected chi connectivity index (χ2v) is 8.25. The first-order valence-corrected chi connectivity index (χ1v) is 7.65. The van der Waals surface area contributed by atoms with Gasteiger partial charge in [-0.25, -0.2) is 0 Å². The summed E-state index contributed by atoms with van der Waals surface area (Å²) in [6.07, 6.45) is 7.81. The van der Waals surface area contributed by atoms with Crippen molar-refractivity contribution in [2.24, 2.45) is 10.8 Å². The van der Waals surface area contributed by atoms with Crippen molar-refractivity contribution in [1.82, 2.24) is 4.57 Å². The van der Waals surface area contributed by atoms with Crippen molar-refractivity contribution in [3.05, 3.63) is 23.5 Å². The normalized spacial score (nSPS) is 32.3. The monoisotopic (exact) mass is 261 g/mol. The summed E-state index contributed by atoms with van der Waals surface area (Å²) in [6.45, 7) is 9.30. The Hall–Kier alpha value is -0.760. The van der Waals surface area contributed by atoms with E-state index >= 15 is 0 Å². The van der Waals surface area contributed by atoms with Gasteiger partial charge in [0, 0.05) is 23.5 Å². The van der Waals surface area contributed by atoms with Gasteiger partial charge in [0.1, 0.15) is 0 Å². The van der Waals surface area contributed by atoms with Crippen LogP contribution in [0.1, 0.15) is 76.8 Å². The highest BCUT2D eigenvalue weighted by molar-refractivity contribution is 5.30. The molecule has 0 saturated heterocycles. The molecular weight excluding hydrogens is 234 g/mol. The smallest absolute Gasteiger partial charge is 0.0812 e. The summed E-state index contributed by atoms with van der Waals surface area (Å²) in [6, 6.07) is 2.79. The van der Waals surface area contributed by atoms with Gasteiger partial charge in [0.15, 0.2) is 0 Å². The summed E-state index contributed by atoms with van der Waals surface area (Å²) in [4.78, 5) is 0. The summed E-state index contributed by atoms with van der Waals surface area (Å²) in [5.74, 6) is 0. The maximum Gasteiger partial charge on any atom is 0.0812 e. The number of aromatic nitrogens is 1. The molecule has 0 bridgehead atoms. The molecule has 2 unspecified atom stereocenters. The third kappa shape index (κ3) is 2.35. The molecule has 1 N–H and O–H groups in total.